The van der Waals surface area contributed by atoms with Crippen molar-refractivity contribution in [2.24, 2.45) is 10.1 Å². The molecule has 0 aromatic heterocycles. The van der Waals surface area contributed by atoms with Crippen molar-refractivity contribution < 1.29 is 9.90 Å². The van der Waals surface area contributed by atoms with Gasteiger partial charge in [-0.25, -0.2) is 10.0 Å². The number of phenolic OH excluding ortho intramolecular Hbond substituents is 1. The number of nitrogens with zero attached hydrogens (tertiary/aromatic N) is 5. The number of aliphatic imine (C=N–C) groups is 1. The Balaban J connectivity index is 1.64. The van der Waals surface area contributed by atoms with Gasteiger partial charge in [-0.05, 0) is 37.4 Å². The highest BCUT2D eigenvalue weighted by atomic mass is 16.3. The van der Waals surface area contributed by atoms with E-state index in [0.717, 1.165) is 43.3 Å². The van der Waals surface area contributed by atoms with Crippen LogP contribution < -0.4 is 0 Å². The fourth-order valence-electron chi connectivity index (χ4n) is 3.87. The van der Waals surface area contributed by atoms with Crippen LogP contribution in [0.1, 0.15) is 33.9 Å². The van der Waals surface area contributed by atoms with Gasteiger partial charge in [0.2, 0.25) is 5.96 Å². The molecular weight excluding hydrogens is 378 g/mol. The van der Waals surface area contributed by atoms with E-state index in [1.807, 2.05) is 35.5 Å². The number of hydrogen-bond acceptors (Lipinski definition) is 7. The molecule has 0 saturated heterocycles. The summed E-state index contributed by atoms with van der Waals surface area (Å²) in [7, 11) is 4.10. The van der Waals surface area contributed by atoms with E-state index in [0.29, 0.717) is 5.56 Å². The second-order valence-corrected chi connectivity index (χ2v) is 7.85. The first-order valence-corrected chi connectivity index (χ1v) is 10.2. The van der Waals surface area contributed by atoms with Gasteiger partial charge < -0.3 is 14.9 Å². The van der Waals surface area contributed by atoms with Crippen molar-refractivity contribution in [2.45, 2.75) is 12.5 Å². The maximum Gasteiger partial charge on any atom is 0.218 e. The lowest BCUT2D eigenvalue weighted by molar-refractivity contribution is 0.0942. The number of likely N-dealkylation sites (N-methyl/N-ethyl adjacent to an activating group) is 1. The number of hydrazone groups is 1. The van der Waals surface area contributed by atoms with Gasteiger partial charge >= 0.3 is 0 Å². The lowest BCUT2D eigenvalue weighted by Crippen LogP contribution is -2.45. The van der Waals surface area contributed by atoms with Crippen molar-refractivity contribution in [3.63, 3.8) is 0 Å². The monoisotopic (exact) mass is 405 g/mol. The Kier molecular flexibility index (Phi) is 5.81. The number of carbonyl (C=O) groups excluding carboxylic acids is 1. The molecule has 2 aromatic rings. The number of para-hydroxylation sites is 1. The minimum absolute atomic E-state index is 0.00691. The number of Topliss-reactive ketones (excluding diaryl/α,β-unsaturated/α-hetero) is 1. The summed E-state index contributed by atoms with van der Waals surface area (Å²) < 4.78 is 0. The molecule has 0 amide bonds. The van der Waals surface area contributed by atoms with Crippen LogP contribution in [0.25, 0.3) is 0 Å². The van der Waals surface area contributed by atoms with Crippen LogP contribution in [0.15, 0.2) is 58.6 Å². The maximum absolute atomic E-state index is 13.1. The summed E-state index contributed by atoms with van der Waals surface area (Å²) in [6.45, 7) is 3.32. The highest BCUT2D eigenvalue weighted by Gasteiger charge is 2.34. The Morgan fingerprint density at radius 2 is 1.93 bits per heavy atom. The number of phenols is 1. The second kappa shape index (κ2) is 8.67. The van der Waals surface area contributed by atoms with Gasteiger partial charge in [-0.2, -0.15) is 5.10 Å². The summed E-state index contributed by atoms with van der Waals surface area (Å²) in [6.07, 6.45) is 2.04. The number of guanidine groups is 1. The molecule has 1 N–H and O–H groups in total. The fraction of sp³-hybridized carbons (Fsp3) is 0.348. The zero-order valence-electron chi connectivity index (χ0n) is 17.4. The standard InChI is InChI=1S/C23H27N5O2/c1-26(2)13-14-27-12-11-24-23(27)28-20(18-8-4-3-7-17(18)16-25-28)15-22(30)19-9-5-6-10-21(19)29/h3-10,16,20,29H,11-15H2,1-2H3. The molecule has 30 heavy (non-hydrogen) atoms. The quantitative estimate of drug-likeness (QED) is 0.748. The maximum atomic E-state index is 13.1. The normalized spacial score (nSPS) is 18.0. The molecule has 0 saturated carbocycles. The van der Waals surface area contributed by atoms with E-state index in [-0.39, 0.29) is 24.0 Å². The van der Waals surface area contributed by atoms with Gasteiger partial charge in [-0.1, -0.05) is 36.4 Å². The van der Waals surface area contributed by atoms with Crippen molar-refractivity contribution >= 4 is 18.0 Å². The number of aromatic hydroxyl groups is 1. The SMILES string of the molecule is CN(C)CCN1CCN=C1N1N=Cc2ccccc2C1CC(=O)c1ccccc1O. The van der Waals surface area contributed by atoms with Gasteiger partial charge in [-0.15, -0.1) is 0 Å². The molecule has 4 rings (SSSR count). The molecule has 0 spiro atoms. The molecular formula is C23H27N5O2. The van der Waals surface area contributed by atoms with E-state index < -0.39 is 0 Å². The molecule has 2 heterocycles. The molecule has 7 heteroatoms. The molecule has 2 aliphatic rings. The van der Waals surface area contributed by atoms with E-state index in [1.165, 1.54) is 0 Å². The lowest BCUT2D eigenvalue weighted by Gasteiger charge is -2.36. The van der Waals surface area contributed by atoms with Gasteiger partial charge in [0.1, 0.15) is 5.75 Å². The average molecular weight is 406 g/mol. The molecule has 2 aliphatic heterocycles. The third-order valence-electron chi connectivity index (χ3n) is 5.48. The van der Waals surface area contributed by atoms with Crippen LogP contribution in [-0.2, 0) is 0 Å². The molecule has 1 atom stereocenters. The number of hydrogen-bond donors (Lipinski definition) is 1. The molecule has 2 aromatic carbocycles. The molecule has 1 unspecified atom stereocenters. The molecule has 0 aliphatic carbocycles. The molecule has 156 valence electrons. The fourth-order valence-corrected chi connectivity index (χ4v) is 3.87. The van der Waals surface area contributed by atoms with Gasteiger partial charge in [0.15, 0.2) is 5.78 Å². The van der Waals surface area contributed by atoms with Gasteiger partial charge in [0.25, 0.3) is 0 Å². The van der Waals surface area contributed by atoms with E-state index in [9.17, 15) is 9.90 Å². The number of rotatable bonds is 6. The third-order valence-corrected chi connectivity index (χ3v) is 5.48. The minimum atomic E-state index is -0.281. The molecule has 0 bridgehead atoms. The predicted molar refractivity (Wildman–Crippen MR) is 118 cm³/mol. The van der Waals surface area contributed by atoms with Crippen LogP contribution in [0.5, 0.6) is 5.75 Å². The van der Waals surface area contributed by atoms with Crippen LogP contribution >= 0.6 is 0 Å². The lowest BCUT2D eigenvalue weighted by atomic mass is 9.93. The third kappa shape index (κ3) is 4.07. The second-order valence-electron chi connectivity index (χ2n) is 7.85. The molecule has 0 radical (unpaired) electrons. The Bertz CT molecular complexity index is 985. The first-order chi connectivity index (χ1) is 14.5. The van der Waals surface area contributed by atoms with Crippen LogP contribution in [0, 0.1) is 0 Å². The summed E-state index contributed by atoms with van der Waals surface area (Å²) in [4.78, 5) is 22.2. The number of ketones is 1. The van der Waals surface area contributed by atoms with Gasteiger partial charge in [-0.3, -0.25) is 4.79 Å². The van der Waals surface area contributed by atoms with E-state index in [1.54, 1.807) is 24.3 Å². The first-order valence-electron chi connectivity index (χ1n) is 10.2. The van der Waals surface area contributed by atoms with Crippen molar-refractivity contribution in [2.75, 3.05) is 40.3 Å². The number of fused-ring (bicyclic) bond motifs is 1. The first kappa shape index (κ1) is 20.1. The summed E-state index contributed by atoms with van der Waals surface area (Å²) in [6, 6.07) is 14.4. The average Bonchev–Trinajstić information content (AvgIpc) is 3.21. The molecule has 0 fully saturated rings. The minimum Gasteiger partial charge on any atom is -0.507 e. The zero-order valence-corrected chi connectivity index (χ0v) is 17.4. The van der Waals surface area contributed by atoms with E-state index in [2.05, 4.69) is 29.0 Å². The van der Waals surface area contributed by atoms with Crippen molar-refractivity contribution in [1.29, 1.82) is 0 Å². The summed E-state index contributed by atoms with van der Waals surface area (Å²) in [5, 5.41) is 16.7. The van der Waals surface area contributed by atoms with Gasteiger partial charge in [0.05, 0.1) is 24.4 Å². The number of benzene rings is 2. The van der Waals surface area contributed by atoms with E-state index in [4.69, 9.17) is 4.99 Å². The molecule has 7 nitrogen and oxygen atoms in total. The number of carbonyl (C=O) groups is 1. The van der Waals surface area contributed by atoms with Crippen molar-refractivity contribution in [3.8, 4) is 5.75 Å². The Morgan fingerprint density at radius 1 is 1.17 bits per heavy atom. The highest BCUT2D eigenvalue weighted by molar-refractivity contribution is 6.00. The smallest absolute Gasteiger partial charge is 0.218 e. The summed E-state index contributed by atoms with van der Waals surface area (Å²) in [5.41, 5.74) is 2.38. The van der Waals surface area contributed by atoms with Crippen molar-refractivity contribution in [3.05, 3.63) is 65.2 Å². The van der Waals surface area contributed by atoms with Crippen molar-refractivity contribution in [1.82, 2.24) is 14.8 Å². The predicted octanol–water partition coefficient (Wildman–Crippen LogP) is 2.59. The Hall–Kier alpha value is -3.19. The van der Waals surface area contributed by atoms with Crippen LogP contribution in [0.4, 0.5) is 0 Å². The highest BCUT2D eigenvalue weighted by Crippen LogP contribution is 2.34. The van der Waals surface area contributed by atoms with Crippen LogP contribution in [0.2, 0.25) is 0 Å². The summed E-state index contributed by atoms with van der Waals surface area (Å²) >= 11 is 0. The topological polar surface area (TPSA) is 71.7 Å². The summed E-state index contributed by atoms with van der Waals surface area (Å²) in [5.74, 6) is 0.693. The van der Waals surface area contributed by atoms with E-state index >= 15 is 0 Å². The zero-order chi connectivity index (χ0) is 21.1. The Morgan fingerprint density at radius 3 is 2.73 bits per heavy atom. The Labute approximate surface area is 176 Å². The largest absolute Gasteiger partial charge is 0.507 e. The van der Waals surface area contributed by atoms with Gasteiger partial charge in [0, 0.05) is 26.1 Å². The van der Waals surface area contributed by atoms with Crippen LogP contribution in [0.3, 0.4) is 0 Å². The van der Waals surface area contributed by atoms with Crippen LogP contribution in [-0.4, -0.2) is 78.1 Å².